The lowest BCUT2D eigenvalue weighted by Gasteiger charge is -2.12. The average molecular weight is 540 g/mol. The van der Waals surface area contributed by atoms with E-state index < -0.39 is 26.7 Å². The second-order valence-electron chi connectivity index (χ2n) is 8.03. The Balaban J connectivity index is 1.76. The number of phenols is 1. The molecule has 0 aliphatic rings. The molecule has 0 aliphatic heterocycles. The first kappa shape index (κ1) is 26.1. The van der Waals surface area contributed by atoms with E-state index in [-0.39, 0.29) is 22.0 Å². The van der Waals surface area contributed by atoms with Crippen LogP contribution in [0.2, 0.25) is 5.02 Å². The van der Waals surface area contributed by atoms with Gasteiger partial charge in [-0.1, -0.05) is 35.9 Å². The van der Waals surface area contributed by atoms with Crippen molar-refractivity contribution in [3.05, 3.63) is 82.9 Å². The first-order chi connectivity index (χ1) is 17.6. The molecule has 0 aromatic heterocycles. The van der Waals surface area contributed by atoms with Crippen LogP contribution in [0.4, 0.5) is 17.1 Å². The molecule has 0 bridgehead atoms. The van der Waals surface area contributed by atoms with Gasteiger partial charge in [-0.25, -0.2) is 0 Å². The maximum Gasteiger partial charge on any atom is 0.296 e. The Bertz CT molecular complexity index is 1640. The van der Waals surface area contributed by atoms with Gasteiger partial charge < -0.3 is 15.2 Å². The zero-order valence-corrected chi connectivity index (χ0v) is 21.3. The molecule has 0 radical (unpaired) electrons. The van der Waals surface area contributed by atoms with Crippen LogP contribution >= 0.6 is 11.6 Å². The first-order valence-corrected chi connectivity index (χ1v) is 12.9. The quantitative estimate of drug-likeness (QED) is 0.174. The van der Waals surface area contributed by atoms with E-state index in [1.54, 1.807) is 55.5 Å². The highest BCUT2D eigenvalue weighted by Crippen LogP contribution is 2.41. The van der Waals surface area contributed by atoms with Crippen molar-refractivity contribution >= 4 is 55.5 Å². The van der Waals surface area contributed by atoms with Crippen LogP contribution in [0.1, 0.15) is 22.8 Å². The molecule has 0 heterocycles. The molecule has 190 valence electrons. The lowest BCUT2D eigenvalue weighted by atomic mass is 10.0. The van der Waals surface area contributed by atoms with Crippen LogP contribution in [0.5, 0.6) is 11.5 Å². The molecule has 37 heavy (non-hydrogen) atoms. The van der Waals surface area contributed by atoms with Crippen molar-refractivity contribution in [1.82, 2.24) is 0 Å². The Morgan fingerprint density at radius 1 is 1.05 bits per heavy atom. The van der Waals surface area contributed by atoms with Crippen molar-refractivity contribution < 1.29 is 27.6 Å². The molecular weight excluding hydrogens is 518 g/mol. The van der Waals surface area contributed by atoms with E-state index >= 15 is 0 Å². The smallest absolute Gasteiger partial charge is 0.296 e. The minimum absolute atomic E-state index is 0.0130. The van der Waals surface area contributed by atoms with Gasteiger partial charge in [0.1, 0.15) is 22.0 Å². The number of fused-ring (bicyclic) bond motifs is 1. The zero-order valence-electron chi connectivity index (χ0n) is 19.8. The molecule has 0 fully saturated rings. The first-order valence-electron chi connectivity index (χ1n) is 11.1. The van der Waals surface area contributed by atoms with Crippen LogP contribution in [0.15, 0.2) is 81.9 Å². The number of hydrogen-bond acceptors (Lipinski definition) is 7. The van der Waals surface area contributed by atoms with Gasteiger partial charge in [0.15, 0.2) is 5.75 Å². The molecule has 4 aromatic carbocycles. The van der Waals surface area contributed by atoms with Gasteiger partial charge in [0.05, 0.1) is 17.2 Å². The van der Waals surface area contributed by atoms with Gasteiger partial charge >= 0.3 is 0 Å². The van der Waals surface area contributed by atoms with Crippen LogP contribution in [-0.2, 0) is 10.1 Å². The molecule has 0 unspecified atom stereocenters. The molecular formula is C26H22ClN3O6S. The number of benzene rings is 4. The summed E-state index contributed by atoms with van der Waals surface area (Å²) in [6, 6.07) is 17.9. The van der Waals surface area contributed by atoms with E-state index in [2.05, 4.69) is 15.5 Å². The fraction of sp³-hybridized carbons (Fsp3) is 0.115. The third kappa shape index (κ3) is 5.72. The van der Waals surface area contributed by atoms with Gasteiger partial charge in [-0.15, -0.1) is 10.2 Å². The molecule has 1 amide bonds. The highest BCUT2D eigenvalue weighted by Gasteiger charge is 2.21. The van der Waals surface area contributed by atoms with E-state index in [0.29, 0.717) is 34.4 Å². The number of aromatic hydroxyl groups is 1. The number of nitrogens with zero attached hydrogens (tertiary/aromatic N) is 2. The minimum atomic E-state index is -4.60. The highest BCUT2D eigenvalue weighted by molar-refractivity contribution is 7.86. The largest absolute Gasteiger partial charge is 0.505 e. The summed E-state index contributed by atoms with van der Waals surface area (Å²) in [7, 11) is -4.60. The molecule has 0 spiro atoms. The van der Waals surface area contributed by atoms with E-state index in [0.717, 1.165) is 0 Å². The van der Waals surface area contributed by atoms with Crippen molar-refractivity contribution in [1.29, 1.82) is 0 Å². The Labute approximate surface area is 218 Å². The number of hydrogen-bond donors (Lipinski definition) is 3. The number of carbonyl (C=O) groups is 1. The third-order valence-electron chi connectivity index (χ3n) is 5.36. The Kier molecular flexibility index (Phi) is 7.44. The van der Waals surface area contributed by atoms with Crippen LogP contribution < -0.4 is 10.1 Å². The van der Waals surface area contributed by atoms with Crippen LogP contribution in [0, 0.1) is 6.92 Å². The summed E-state index contributed by atoms with van der Waals surface area (Å²) < 4.78 is 38.3. The Morgan fingerprint density at radius 2 is 1.76 bits per heavy atom. The number of phenolic OH excluding ortho intramolecular Hbond substituents is 1. The SMILES string of the molecule is CCOc1ccc(NC(=O)c2cc3ccccc3c(N=Nc3cc(C)cc(S(=O)(=O)O)c3Cl)c2O)cc1. The van der Waals surface area contributed by atoms with E-state index in [1.807, 2.05) is 6.92 Å². The number of amides is 1. The lowest BCUT2D eigenvalue weighted by Crippen LogP contribution is -2.12. The predicted octanol–water partition coefficient (Wildman–Crippen LogP) is 6.82. The molecule has 0 aliphatic carbocycles. The minimum Gasteiger partial charge on any atom is -0.505 e. The van der Waals surface area contributed by atoms with Gasteiger partial charge in [-0.3, -0.25) is 9.35 Å². The molecule has 0 saturated heterocycles. The number of nitrogens with one attached hydrogen (secondary N) is 1. The number of ether oxygens (including phenoxy) is 1. The molecule has 0 saturated carbocycles. The number of azo groups is 1. The normalized spacial score (nSPS) is 11.7. The number of carbonyl (C=O) groups excluding carboxylic acids is 1. The molecule has 3 N–H and O–H groups in total. The second kappa shape index (κ2) is 10.6. The maximum atomic E-state index is 13.1. The topological polar surface area (TPSA) is 138 Å². The van der Waals surface area contributed by atoms with Gasteiger partial charge in [0, 0.05) is 11.1 Å². The number of halogens is 1. The fourth-order valence-corrected chi connectivity index (χ4v) is 4.78. The summed E-state index contributed by atoms with van der Waals surface area (Å²) in [6.07, 6.45) is 0. The van der Waals surface area contributed by atoms with Gasteiger partial charge in [-0.05, 0) is 67.3 Å². The monoisotopic (exact) mass is 539 g/mol. The standard InChI is InChI=1S/C26H22ClN3O6S/c1-3-36-18-10-8-17(9-11-18)28-26(32)20-14-16-6-4-5-7-19(16)24(25(20)31)30-29-21-12-15(2)13-22(23(21)27)37(33,34)35/h4-14,31H,3H2,1-2H3,(H,28,32)(H,33,34,35). The zero-order chi connectivity index (χ0) is 26.7. The second-order valence-corrected chi connectivity index (χ2v) is 9.79. The molecule has 4 aromatic rings. The highest BCUT2D eigenvalue weighted by atomic mass is 35.5. The number of anilines is 1. The van der Waals surface area contributed by atoms with Gasteiger partial charge in [0.25, 0.3) is 16.0 Å². The van der Waals surface area contributed by atoms with Crippen LogP contribution in [0.3, 0.4) is 0 Å². The summed E-state index contributed by atoms with van der Waals surface area (Å²) in [5.74, 6) is -0.348. The molecule has 11 heteroatoms. The summed E-state index contributed by atoms with van der Waals surface area (Å²) in [6.45, 7) is 3.98. The number of rotatable bonds is 7. The van der Waals surface area contributed by atoms with Crippen molar-refractivity contribution in [3.63, 3.8) is 0 Å². The maximum absolute atomic E-state index is 13.1. The molecule has 0 atom stereocenters. The van der Waals surface area contributed by atoms with Crippen molar-refractivity contribution in [2.24, 2.45) is 10.2 Å². The lowest BCUT2D eigenvalue weighted by molar-refractivity contribution is 0.102. The number of aryl methyl sites for hydroxylation is 1. The van der Waals surface area contributed by atoms with Gasteiger partial charge in [0.2, 0.25) is 0 Å². The predicted molar refractivity (Wildman–Crippen MR) is 141 cm³/mol. The van der Waals surface area contributed by atoms with Crippen molar-refractivity contribution in [2.45, 2.75) is 18.7 Å². The van der Waals surface area contributed by atoms with Crippen molar-refractivity contribution in [3.8, 4) is 11.5 Å². The van der Waals surface area contributed by atoms with Crippen molar-refractivity contribution in [2.75, 3.05) is 11.9 Å². The summed E-state index contributed by atoms with van der Waals surface area (Å²) in [5, 5.41) is 22.7. The summed E-state index contributed by atoms with van der Waals surface area (Å²) >= 11 is 6.16. The summed E-state index contributed by atoms with van der Waals surface area (Å²) in [5.41, 5.74) is 0.857. The van der Waals surface area contributed by atoms with E-state index in [1.165, 1.54) is 18.2 Å². The van der Waals surface area contributed by atoms with Crippen LogP contribution in [0.25, 0.3) is 10.8 Å². The average Bonchev–Trinajstić information content (AvgIpc) is 2.85. The fourth-order valence-electron chi connectivity index (χ4n) is 3.67. The van der Waals surface area contributed by atoms with Crippen LogP contribution in [-0.4, -0.2) is 30.6 Å². The molecule has 9 nitrogen and oxygen atoms in total. The summed E-state index contributed by atoms with van der Waals surface area (Å²) in [4.78, 5) is 12.6. The Morgan fingerprint density at radius 3 is 2.43 bits per heavy atom. The van der Waals surface area contributed by atoms with Gasteiger partial charge in [-0.2, -0.15) is 8.42 Å². The Hall–Kier alpha value is -3.99. The van der Waals surface area contributed by atoms with E-state index in [4.69, 9.17) is 16.3 Å². The molecule has 4 rings (SSSR count). The third-order valence-corrected chi connectivity index (χ3v) is 6.75. The van der Waals surface area contributed by atoms with E-state index in [9.17, 15) is 22.9 Å².